The van der Waals surface area contributed by atoms with Gasteiger partial charge in [0.25, 0.3) is 0 Å². The Labute approximate surface area is 109 Å². The normalized spacial score (nSPS) is 18.6. The van der Waals surface area contributed by atoms with Gasteiger partial charge in [-0.05, 0) is 40.5 Å². The average Bonchev–Trinajstić information content (AvgIpc) is 2.30. The Balaban J connectivity index is 2.21. The van der Waals surface area contributed by atoms with Crippen LogP contribution in [0.3, 0.4) is 0 Å². The molecule has 1 unspecified atom stereocenters. The monoisotopic (exact) mass is 301 g/mol. The summed E-state index contributed by atoms with van der Waals surface area (Å²) >= 11 is 5.60. The quantitative estimate of drug-likeness (QED) is 0.908. The predicted molar refractivity (Wildman–Crippen MR) is 74.3 cm³/mol. The van der Waals surface area contributed by atoms with E-state index in [-0.39, 0.29) is 0 Å². The zero-order chi connectivity index (χ0) is 11.5. The van der Waals surface area contributed by atoms with Crippen LogP contribution in [0.2, 0.25) is 0 Å². The van der Waals surface area contributed by atoms with E-state index in [2.05, 4.69) is 26.9 Å². The molecule has 1 N–H and O–H groups in total. The Morgan fingerprint density at radius 1 is 1.38 bits per heavy atom. The van der Waals surface area contributed by atoms with E-state index in [9.17, 15) is 5.11 Å². The van der Waals surface area contributed by atoms with Crippen LogP contribution in [-0.2, 0) is 0 Å². The van der Waals surface area contributed by atoms with Gasteiger partial charge in [0, 0.05) is 29.1 Å². The summed E-state index contributed by atoms with van der Waals surface area (Å²) in [6, 6.07) is 6.12. The zero-order valence-electron chi connectivity index (χ0n) is 9.32. The first kappa shape index (κ1) is 12.3. The summed E-state index contributed by atoms with van der Waals surface area (Å²) in [6.07, 6.45) is -0.401. The smallest absolute Gasteiger partial charge is 0.0762 e. The van der Waals surface area contributed by atoms with Crippen molar-refractivity contribution in [2.45, 2.75) is 13.0 Å². The van der Waals surface area contributed by atoms with Crippen molar-refractivity contribution in [2.75, 3.05) is 29.5 Å². The Morgan fingerprint density at radius 2 is 2.06 bits per heavy atom. The lowest BCUT2D eigenvalue weighted by molar-refractivity contribution is 0.199. The number of aliphatic hydroxyl groups excluding tert-OH is 1. The number of halogens is 1. The molecule has 16 heavy (non-hydrogen) atoms. The second-order valence-electron chi connectivity index (χ2n) is 3.99. The molecule has 0 saturated carbocycles. The number of thioether (sulfide) groups is 1. The second-order valence-corrected chi connectivity index (χ2v) is 6.07. The highest BCUT2D eigenvalue weighted by atomic mass is 79.9. The third-order valence-corrected chi connectivity index (χ3v) is 4.38. The van der Waals surface area contributed by atoms with Crippen molar-refractivity contribution < 1.29 is 5.11 Å². The number of aliphatic hydroxyl groups is 1. The summed E-state index contributed by atoms with van der Waals surface area (Å²) in [5, 5.41) is 9.51. The number of rotatable bonds is 2. The van der Waals surface area contributed by atoms with Crippen molar-refractivity contribution >= 4 is 33.4 Å². The number of nitrogens with zero attached hydrogens (tertiary/aromatic N) is 1. The lowest BCUT2D eigenvalue weighted by Gasteiger charge is -2.29. The van der Waals surface area contributed by atoms with Gasteiger partial charge < -0.3 is 10.0 Å². The molecule has 0 radical (unpaired) electrons. The van der Waals surface area contributed by atoms with Crippen molar-refractivity contribution in [3.63, 3.8) is 0 Å². The minimum atomic E-state index is -0.401. The van der Waals surface area contributed by atoms with Gasteiger partial charge in [-0.15, -0.1) is 0 Å². The first-order valence-corrected chi connectivity index (χ1v) is 7.43. The van der Waals surface area contributed by atoms with Crippen molar-refractivity contribution in [3.8, 4) is 0 Å². The van der Waals surface area contributed by atoms with Crippen LogP contribution < -0.4 is 4.90 Å². The lowest BCUT2D eigenvalue weighted by Crippen LogP contribution is -2.32. The minimum Gasteiger partial charge on any atom is -0.389 e. The molecule has 1 aliphatic heterocycles. The maximum Gasteiger partial charge on any atom is 0.0762 e. The van der Waals surface area contributed by atoms with Crippen molar-refractivity contribution in [1.82, 2.24) is 0 Å². The highest BCUT2D eigenvalue weighted by Gasteiger charge is 2.14. The van der Waals surface area contributed by atoms with E-state index in [1.807, 2.05) is 23.9 Å². The van der Waals surface area contributed by atoms with E-state index in [4.69, 9.17) is 0 Å². The van der Waals surface area contributed by atoms with Crippen LogP contribution >= 0.6 is 27.7 Å². The topological polar surface area (TPSA) is 23.5 Å². The van der Waals surface area contributed by atoms with E-state index in [1.165, 1.54) is 17.2 Å². The highest BCUT2D eigenvalue weighted by molar-refractivity contribution is 9.10. The molecular weight excluding hydrogens is 286 g/mol. The number of anilines is 1. The molecule has 1 fully saturated rings. The molecule has 0 bridgehead atoms. The molecule has 1 aromatic rings. The average molecular weight is 302 g/mol. The van der Waals surface area contributed by atoms with Gasteiger partial charge in [-0.25, -0.2) is 0 Å². The molecule has 4 heteroatoms. The maximum atomic E-state index is 9.51. The fourth-order valence-electron chi connectivity index (χ4n) is 1.84. The molecule has 0 spiro atoms. The molecule has 0 aromatic heterocycles. The van der Waals surface area contributed by atoms with E-state index < -0.39 is 6.10 Å². The van der Waals surface area contributed by atoms with Crippen LogP contribution in [-0.4, -0.2) is 29.7 Å². The second kappa shape index (κ2) is 5.43. The number of hydrogen-bond donors (Lipinski definition) is 1. The SMILES string of the molecule is CC(O)c1ccc(N2CCSCC2)c(Br)c1. The molecule has 0 amide bonds. The van der Waals surface area contributed by atoms with Crippen molar-refractivity contribution in [2.24, 2.45) is 0 Å². The number of benzene rings is 1. The van der Waals surface area contributed by atoms with Gasteiger partial charge in [0.2, 0.25) is 0 Å². The van der Waals surface area contributed by atoms with Crippen LogP contribution in [0.5, 0.6) is 0 Å². The van der Waals surface area contributed by atoms with Gasteiger partial charge in [-0.1, -0.05) is 6.07 Å². The summed E-state index contributed by atoms with van der Waals surface area (Å²) in [4.78, 5) is 2.40. The maximum absolute atomic E-state index is 9.51. The first-order valence-electron chi connectivity index (χ1n) is 5.48. The summed E-state index contributed by atoms with van der Waals surface area (Å²) in [5.74, 6) is 2.40. The van der Waals surface area contributed by atoms with E-state index in [0.717, 1.165) is 23.1 Å². The third kappa shape index (κ3) is 2.73. The lowest BCUT2D eigenvalue weighted by atomic mass is 10.1. The van der Waals surface area contributed by atoms with Crippen LogP contribution in [0.25, 0.3) is 0 Å². The largest absolute Gasteiger partial charge is 0.389 e. The minimum absolute atomic E-state index is 0.401. The van der Waals surface area contributed by atoms with E-state index in [1.54, 1.807) is 6.92 Å². The molecule has 1 heterocycles. The molecule has 2 rings (SSSR count). The van der Waals surface area contributed by atoms with E-state index in [0.29, 0.717) is 0 Å². The zero-order valence-corrected chi connectivity index (χ0v) is 11.7. The van der Waals surface area contributed by atoms with Gasteiger partial charge in [0.05, 0.1) is 11.8 Å². The standard InChI is InChI=1S/C12H16BrNOS/c1-9(15)10-2-3-12(11(13)8-10)14-4-6-16-7-5-14/h2-3,8-9,15H,4-7H2,1H3. The molecule has 88 valence electrons. The Kier molecular flexibility index (Phi) is 4.16. The summed E-state index contributed by atoms with van der Waals surface area (Å²) in [7, 11) is 0. The Hall–Kier alpha value is -0.190. The summed E-state index contributed by atoms with van der Waals surface area (Å²) < 4.78 is 1.08. The summed E-state index contributed by atoms with van der Waals surface area (Å²) in [5.41, 5.74) is 2.20. The van der Waals surface area contributed by atoms with Gasteiger partial charge in [-0.2, -0.15) is 11.8 Å². The van der Waals surface area contributed by atoms with Crippen LogP contribution in [0.1, 0.15) is 18.6 Å². The van der Waals surface area contributed by atoms with Gasteiger partial charge in [0.15, 0.2) is 0 Å². The van der Waals surface area contributed by atoms with Crippen LogP contribution in [0.15, 0.2) is 22.7 Å². The predicted octanol–water partition coefficient (Wildman–Crippen LogP) is 3.06. The van der Waals surface area contributed by atoms with Crippen LogP contribution in [0, 0.1) is 0 Å². The molecule has 1 saturated heterocycles. The van der Waals surface area contributed by atoms with E-state index >= 15 is 0 Å². The Bertz CT molecular complexity index is 364. The van der Waals surface area contributed by atoms with Gasteiger partial charge in [0.1, 0.15) is 0 Å². The molecule has 1 atom stereocenters. The highest BCUT2D eigenvalue weighted by Crippen LogP contribution is 2.30. The van der Waals surface area contributed by atoms with Gasteiger partial charge in [-0.3, -0.25) is 0 Å². The number of hydrogen-bond acceptors (Lipinski definition) is 3. The fourth-order valence-corrected chi connectivity index (χ4v) is 3.39. The molecular formula is C12H16BrNOS. The van der Waals surface area contributed by atoms with Crippen LogP contribution in [0.4, 0.5) is 5.69 Å². The Morgan fingerprint density at radius 3 is 2.62 bits per heavy atom. The van der Waals surface area contributed by atoms with Crippen molar-refractivity contribution in [3.05, 3.63) is 28.2 Å². The van der Waals surface area contributed by atoms with Gasteiger partial charge >= 0.3 is 0 Å². The van der Waals surface area contributed by atoms with Crippen molar-refractivity contribution in [1.29, 1.82) is 0 Å². The fraction of sp³-hybridized carbons (Fsp3) is 0.500. The third-order valence-electron chi connectivity index (χ3n) is 2.81. The first-order chi connectivity index (χ1) is 7.68. The molecule has 1 aromatic carbocycles. The molecule has 2 nitrogen and oxygen atoms in total. The molecule has 1 aliphatic rings. The molecule has 0 aliphatic carbocycles. The summed E-state index contributed by atoms with van der Waals surface area (Å²) in [6.45, 7) is 4.01.